The Kier molecular flexibility index (Phi) is 1.09. The third-order valence-corrected chi connectivity index (χ3v) is 2.20. The van der Waals surface area contributed by atoms with Crippen molar-refractivity contribution in [1.29, 1.82) is 0 Å². The molecular formula is C6H6N2S. The van der Waals surface area contributed by atoms with Gasteiger partial charge in [0.25, 0.3) is 0 Å². The second kappa shape index (κ2) is 1.92. The number of pyridine rings is 1. The summed E-state index contributed by atoms with van der Waals surface area (Å²) in [7, 11) is 0. The summed E-state index contributed by atoms with van der Waals surface area (Å²) in [5.41, 5.74) is 1.22. The van der Waals surface area contributed by atoms with E-state index in [1.54, 1.807) is 18.0 Å². The molecule has 0 amide bonds. The van der Waals surface area contributed by atoms with Gasteiger partial charge in [-0.05, 0) is 6.07 Å². The van der Waals surface area contributed by atoms with Crippen molar-refractivity contribution in [3.05, 3.63) is 18.5 Å². The van der Waals surface area contributed by atoms with Gasteiger partial charge in [0.05, 0.1) is 16.5 Å². The standard InChI is InChI=1S/C6H6N2S/c1-2-7-3-6-5(1)8-4-9-6/h1-3,8H,4H2. The number of rotatable bonds is 0. The highest BCUT2D eigenvalue weighted by Gasteiger charge is 2.07. The number of nitrogens with zero attached hydrogens (tertiary/aromatic N) is 1. The van der Waals surface area contributed by atoms with E-state index >= 15 is 0 Å². The van der Waals surface area contributed by atoms with Crippen LogP contribution < -0.4 is 5.32 Å². The molecular weight excluding hydrogens is 132 g/mol. The van der Waals surface area contributed by atoms with Crippen molar-refractivity contribution in [2.45, 2.75) is 4.90 Å². The minimum atomic E-state index is 0.987. The molecule has 0 bridgehead atoms. The first-order valence-corrected chi connectivity index (χ1v) is 3.76. The molecule has 46 valence electrons. The molecule has 1 aromatic rings. The van der Waals surface area contributed by atoms with Crippen molar-refractivity contribution in [3.63, 3.8) is 0 Å². The van der Waals surface area contributed by atoms with E-state index in [0.717, 1.165) is 5.88 Å². The summed E-state index contributed by atoms with van der Waals surface area (Å²) < 4.78 is 0. The lowest BCUT2D eigenvalue weighted by molar-refractivity contribution is 1.25. The topological polar surface area (TPSA) is 24.9 Å². The zero-order chi connectivity index (χ0) is 6.10. The Hall–Kier alpha value is -0.700. The average molecular weight is 138 g/mol. The predicted octanol–water partition coefficient (Wildman–Crippen LogP) is 1.56. The van der Waals surface area contributed by atoms with Crippen LogP contribution in [0.5, 0.6) is 0 Å². The fourth-order valence-electron chi connectivity index (χ4n) is 0.833. The maximum absolute atomic E-state index is 4.00. The number of hydrogen-bond donors (Lipinski definition) is 1. The van der Waals surface area contributed by atoms with Gasteiger partial charge in [-0.15, -0.1) is 11.8 Å². The Balaban J connectivity index is 2.54. The molecule has 1 aliphatic rings. The van der Waals surface area contributed by atoms with Crippen molar-refractivity contribution in [1.82, 2.24) is 4.98 Å². The maximum atomic E-state index is 4.00. The van der Waals surface area contributed by atoms with Gasteiger partial charge in [-0.25, -0.2) is 0 Å². The SMILES string of the molecule is c1cc2c(cn1)SCN2. The molecule has 9 heavy (non-hydrogen) atoms. The predicted molar refractivity (Wildman–Crippen MR) is 38.6 cm³/mol. The Morgan fingerprint density at radius 2 is 2.67 bits per heavy atom. The van der Waals surface area contributed by atoms with Crippen molar-refractivity contribution < 1.29 is 0 Å². The molecule has 0 aliphatic carbocycles. The molecule has 1 aliphatic heterocycles. The van der Waals surface area contributed by atoms with E-state index < -0.39 is 0 Å². The number of nitrogens with one attached hydrogen (secondary N) is 1. The van der Waals surface area contributed by atoms with Gasteiger partial charge in [0.15, 0.2) is 0 Å². The van der Waals surface area contributed by atoms with Crippen molar-refractivity contribution in [2.24, 2.45) is 0 Å². The summed E-state index contributed by atoms with van der Waals surface area (Å²) in [6.45, 7) is 0. The van der Waals surface area contributed by atoms with Crippen LogP contribution in [0.1, 0.15) is 0 Å². The number of anilines is 1. The lowest BCUT2D eigenvalue weighted by Crippen LogP contribution is -1.87. The van der Waals surface area contributed by atoms with E-state index in [2.05, 4.69) is 10.3 Å². The molecule has 0 radical (unpaired) electrons. The number of thioether (sulfide) groups is 1. The Bertz CT molecular complexity index is 201. The minimum Gasteiger partial charge on any atom is -0.375 e. The smallest absolute Gasteiger partial charge is 0.0658 e. The highest BCUT2D eigenvalue weighted by molar-refractivity contribution is 7.99. The van der Waals surface area contributed by atoms with Crippen LogP contribution in [0.15, 0.2) is 23.4 Å². The van der Waals surface area contributed by atoms with Crippen LogP contribution in [0.3, 0.4) is 0 Å². The van der Waals surface area contributed by atoms with E-state index in [1.807, 2.05) is 12.3 Å². The fraction of sp³-hybridized carbons (Fsp3) is 0.167. The van der Waals surface area contributed by atoms with E-state index in [9.17, 15) is 0 Å². The van der Waals surface area contributed by atoms with Gasteiger partial charge in [0.2, 0.25) is 0 Å². The highest BCUT2D eigenvalue weighted by atomic mass is 32.2. The van der Waals surface area contributed by atoms with Crippen LogP contribution in [0, 0.1) is 0 Å². The summed E-state index contributed by atoms with van der Waals surface area (Å²) in [6, 6.07) is 2.00. The third-order valence-electron chi connectivity index (χ3n) is 1.27. The second-order valence-electron chi connectivity index (χ2n) is 1.84. The maximum Gasteiger partial charge on any atom is 0.0658 e. The first kappa shape index (κ1) is 5.11. The molecule has 0 saturated carbocycles. The monoisotopic (exact) mass is 138 g/mol. The molecule has 0 atom stereocenters. The van der Waals surface area contributed by atoms with E-state index in [4.69, 9.17) is 0 Å². The fourth-order valence-corrected chi connectivity index (χ4v) is 1.65. The molecule has 0 spiro atoms. The number of fused-ring (bicyclic) bond motifs is 1. The Labute approximate surface area is 57.7 Å². The summed E-state index contributed by atoms with van der Waals surface area (Å²) in [4.78, 5) is 5.26. The third kappa shape index (κ3) is 0.772. The first-order chi connectivity index (χ1) is 4.47. The van der Waals surface area contributed by atoms with Gasteiger partial charge in [0, 0.05) is 12.4 Å². The lowest BCUT2D eigenvalue weighted by Gasteiger charge is -1.92. The first-order valence-electron chi connectivity index (χ1n) is 2.77. The molecule has 2 heterocycles. The minimum absolute atomic E-state index is 0.987. The van der Waals surface area contributed by atoms with Gasteiger partial charge in [-0.2, -0.15) is 0 Å². The molecule has 1 N–H and O–H groups in total. The lowest BCUT2D eigenvalue weighted by atomic mass is 10.4. The van der Waals surface area contributed by atoms with Crippen molar-refractivity contribution in [3.8, 4) is 0 Å². The Morgan fingerprint density at radius 1 is 1.67 bits per heavy atom. The molecule has 0 aromatic carbocycles. The quantitative estimate of drug-likeness (QED) is 0.589. The van der Waals surface area contributed by atoms with E-state index in [1.165, 1.54) is 10.6 Å². The van der Waals surface area contributed by atoms with Gasteiger partial charge < -0.3 is 5.32 Å². The van der Waals surface area contributed by atoms with Gasteiger partial charge in [-0.3, -0.25) is 4.98 Å². The highest BCUT2D eigenvalue weighted by Crippen LogP contribution is 2.31. The normalized spacial score (nSPS) is 14.7. The zero-order valence-electron chi connectivity index (χ0n) is 4.79. The summed E-state index contributed by atoms with van der Waals surface area (Å²) in [5.74, 6) is 0.987. The van der Waals surface area contributed by atoms with Crippen LogP contribution >= 0.6 is 11.8 Å². The summed E-state index contributed by atoms with van der Waals surface area (Å²) >= 11 is 1.79. The van der Waals surface area contributed by atoms with E-state index in [-0.39, 0.29) is 0 Å². The molecule has 2 nitrogen and oxygen atoms in total. The average Bonchev–Trinajstić information content (AvgIpc) is 2.33. The Morgan fingerprint density at radius 3 is 3.56 bits per heavy atom. The summed E-state index contributed by atoms with van der Waals surface area (Å²) in [5, 5.41) is 3.22. The van der Waals surface area contributed by atoms with E-state index in [0.29, 0.717) is 0 Å². The molecule has 0 saturated heterocycles. The number of aromatic nitrogens is 1. The summed E-state index contributed by atoms with van der Waals surface area (Å²) in [6.07, 6.45) is 3.69. The molecule has 0 unspecified atom stereocenters. The van der Waals surface area contributed by atoms with Crippen molar-refractivity contribution in [2.75, 3.05) is 11.2 Å². The van der Waals surface area contributed by atoms with Gasteiger partial charge >= 0.3 is 0 Å². The van der Waals surface area contributed by atoms with Gasteiger partial charge in [0.1, 0.15) is 0 Å². The number of hydrogen-bond acceptors (Lipinski definition) is 3. The zero-order valence-corrected chi connectivity index (χ0v) is 5.61. The molecule has 1 aromatic heterocycles. The molecule has 2 rings (SSSR count). The van der Waals surface area contributed by atoms with Crippen LogP contribution in [0.4, 0.5) is 5.69 Å². The molecule has 3 heteroatoms. The van der Waals surface area contributed by atoms with Crippen LogP contribution in [0.25, 0.3) is 0 Å². The van der Waals surface area contributed by atoms with Crippen LogP contribution in [-0.2, 0) is 0 Å². The van der Waals surface area contributed by atoms with Crippen LogP contribution in [-0.4, -0.2) is 10.9 Å². The second-order valence-corrected chi connectivity index (χ2v) is 2.85. The molecule has 0 fully saturated rings. The largest absolute Gasteiger partial charge is 0.375 e. The van der Waals surface area contributed by atoms with Crippen molar-refractivity contribution >= 4 is 17.4 Å². The van der Waals surface area contributed by atoms with Gasteiger partial charge in [-0.1, -0.05) is 0 Å². The van der Waals surface area contributed by atoms with Crippen LogP contribution in [0.2, 0.25) is 0 Å².